The monoisotopic (exact) mass is 231 g/mol. The van der Waals surface area contributed by atoms with Crippen LogP contribution in [0.25, 0.3) is 0 Å². The summed E-state index contributed by atoms with van der Waals surface area (Å²) in [6, 6.07) is 0. The van der Waals surface area contributed by atoms with Crippen LogP contribution in [-0.4, -0.2) is 39.5 Å². The first-order chi connectivity index (χ1) is 7.56. The Morgan fingerprint density at radius 1 is 1.00 bits per heavy atom. The molecule has 0 bridgehead atoms. The molecule has 16 heavy (non-hydrogen) atoms. The molecule has 3 nitrogen and oxygen atoms in total. The minimum Gasteiger partial charge on any atom is -0.382 e. The highest BCUT2D eigenvalue weighted by molar-refractivity contribution is 4.62. The van der Waals surface area contributed by atoms with Gasteiger partial charge >= 0.3 is 0 Å². The molecule has 0 rings (SSSR count). The third-order valence-corrected chi connectivity index (χ3v) is 2.33. The molecule has 0 saturated heterocycles. The zero-order valence-electron chi connectivity index (χ0n) is 11.6. The maximum absolute atomic E-state index is 5.79. The first-order valence-electron chi connectivity index (χ1n) is 6.37. The summed E-state index contributed by atoms with van der Waals surface area (Å²) < 4.78 is 10.9. The summed E-state index contributed by atoms with van der Waals surface area (Å²) in [6.07, 6.45) is 1.30. The van der Waals surface area contributed by atoms with Gasteiger partial charge in [0.2, 0.25) is 0 Å². The molecule has 1 N–H and O–H groups in total. The molecule has 0 aromatic carbocycles. The quantitative estimate of drug-likeness (QED) is 0.626. The lowest BCUT2D eigenvalue weighted by Gasteiger charge is -2.19. The van der Waals surface area contributed by atoms with Crippen molar-refractivity contribution in [1.82, 2.24) is 5.32 Å². The van der Waals surface area contributed by atoms with Crippen molar-refractivity contribution in [2.75, 3.05) is 33.4 Å². The van der Waals surface area contributed by atoms with Gasteiger partial charge in [0.05, 0.1) is 12.7 Å². The molecule has 0 radical (unpaired) electrons. The van der Waals surface area contributed by atoms with Crippen molar-refractivity contribution in [3.63, 3.8) is 0 Å². The predicted octanol–water partition coefficient (Wildman–Crippen LogP) is 2.31. The van der Waals surface area contributed by atoms with E-state index in [1.54, 1.807) is 7.11 Å². The lowest BCUT2D eigenvalue weighted by atomic mass is 10.1. The van der Waals surface area contributed by atoms with Gasteiger partial charge in [0.25, 0.3) is 0 Å². The second-order valence-electron chi connectivity index (χ2n) is 5.18. The Kier molecular flexibility index (Phi) is 9.99. The van der Waals surface area contributed by atoms with Crippen LogP contribution in [-0.2, 0) is 9.47 Å². The minimum absolute atomic E-state index is 0.183. The Morgan fingerprint density at radius 3 is 2.19 bits per heavy atom. The van der Waals surface area contributed by atoms with E-state index in [1.807, 2.05) is 0 Å². The van der Waals surface area contributed by atoms with Gasteiger partial charge in [0, 0.05) is 20.3 Å². The summed E-state index contributed by atoms with van der Waals surface area (Å²) in [5.74, 6) is 1.38. The fourth-order valence-corrected chi connectivity index (χ4v) is 1.36. The van der Waals surface area contributed by atoms with Crippen molar-refractivity contribution in [1.29, 1.82) is 0 Å². The summed E-state index contributed by atoms with van der Waals surface area (Å²) in [4.78, 5) is 0. The molecule has 1 atom stereocenters. The van der Waals surface area contributed by atoms with Gasteiger partial charge in [-0.1, -0.05) is 27.7 Å². The van der Waals surface area contributed by atoms with Crippen molar-refractivity contribution in [2.45, 2.75) is 40.2 Å². The number of rotatable bonds is 10. The molecular formula is C13H29NO2. The van der Waals surface area contributed by atoms with E-state index >= 15 is 0 Å². The molecule has 0 saturated carbocycles. The summed E-state index contributed by atoms with van der Waals surface area (Å²) in [6.45, 7) is 12.3. The third-order valence-electron chi connectivity index (χ3n) is 2.33. The molecule has 0 aliphatic heterocycles. The number of hydrogen-bond donors (Lipinski definition) is 1. The van der Waals surface area contributed by atoms with Crippen LogP contribution in [0.5, 0.6) is 0 Å². The lowest BCUT2D eigenvalue weighted by molar-refractivity contribution is -0.00496. The van der Waals surface area contributed by atoms with Crippen molar-refractivity contribution >= 4 is 0 Å². The molecule has 0 aromatic rings. The van der Waals surface area contributed by atoms with Crippen LogP contribution >= 0.6 is 0 Å². The highest BCUT2D eigenvalue weighted by Crippen LogP contribution is 2.02. The average molecular weight is 231 g/mol. The summed E-state index contributed by atoms with van der Waals surface area (Å²) in [5.41, 5.74) is 0. The van der Waals surface area contributed by atoms with Crippen molar-refractivity contribution in [2.24, 2.45) is 11.8 Å². The van der Waals surface area contributed by atoms with Crippen molar-refractivity contribution < 1.29 is 9.47 Å². The Labute approximate surface area is 101 Å². The number of methoxy groups -OCH3 is 1. The zero-order chi connectivity index (χ0) is 12.4. The molecule has 0 aliphatic rings. The van der Waals surface area contributed by atoms with Crippen LogP contribution in [0.15, 0.2) is 0 Å². The van der Waals surface area contributed by atoms with Crippen LogP contribution in [0.3, 0.4) is 0 Å². The molecular weight excluding hydrogens is 202 g/mol. The first kappa shape index (κ1) is 15.9. The minimum atomic E-state index is 0.183. The Balaban J connectivity index is 3.61. The van der Waals surface area contributed by atoms with Gasteiger partial charge in [0.1, 0.15) is 0 Å². The Morgan fingerprint density at radius 2 is 1.69 bits per heavy atom. The van der Waals surface area contributed by atoms with Gasteiger partial charge in [-0.05, 0) is 24.8 Å². The van der Waals surface area contributed by atoms with Crippen LogP contribution in [0.1, 0.15) is 34.1 Å². The fraction of sp³-hybridized carbons (Fsp3) is 1.00. The molecule has 0 heterocycles. The zero-order valence-corrected chi connectivity index (χ0v) is 11.6. The number of nitrogens with one attached hydrogen (secondary N) is 1. The van der Waals surface area contributed by atoms with E-state index in [0.717, 1.165) is 26.1 Å². The smallest absolute Gasteiger partial charge is 0.0932 e. The maximum atomic E-state index is 5.79. The van der Waals surface area contributed by atoms with E-state index in [1.165, 1.54) is 0 Å². The topological polar surface area (TPSA) is 30.5 Å². The van der Waals surface area contributed by atoms with Crippen LogP contribution < -0.4 is 5.32 Å². The number of ether oxygens (including phenoxy) is 2. The standard InChI is InChI=1S/C13H29NO2/c1-11(2)6-7-16-13(10-15-5)9-14-8-12(3)4/h11-14H,6-10H2,1-5H3. The van der Waals surface area contributed by atoms with Crippen LogP contribution in [0.4, 0.5) is 0 Å². The van der Waals surface area contributed by atoms with Crippen molar-refractivity contribution in [3.05, 3.63) is 0 Å². The van der Waals surface area contributed by atoms with Gasteiger partial charge in [-0.3, -0.25) is 0 Å². The Bertz CT molecular complexity index is 135. The molecule has 0 fully saturated rings. The van der Waals surface area contributed by atoms with Crippen molar-refractivity contribution in [3.8, 4) is 0 Å². The first-order valence-corrected chi connectivity index (χ1v) is 6.37. The van der Waals surface area contributed by atoms with E-state index in [0.29, 0.717) is 18.4 Å². The lowest BCUT2D eigenvalue weighted by Crippen LogP contribution is -2.34. The summed E-state index contributed by atoms with van der Waals surface area (Å²) >= 11 is 0. The molecule has 0 spiro atoms. The van der Waals surface area contributed by atoms with E-state index in [4.69, 9.17) is 9.47 Å². The van der Waals surface area contributed by atoms with E-state index < -0.39 is 0 Å². The van der Waals surface area contributed by atoms with Gasteiger partial charge in [-0.2, -0.15) is 0 Å². The van der Waals surface area contributed by atoms with Gasteiger partial charge in [0.15, 0.2) is 0 Å². The van der Waals surface area contributed by atoms with Crippen LogP contribution in [0, 0.1) is 11.8 Å². The van der Waals surface area contributed by atoms with Crippen LogP contribution in [0.2, 0.25) is 0 Å². The van der Waals surface area contributed by atoms with E-state index in [9.17, 15) is 0 Å². The fourth-order valence-electron chi connectivity index (χ4n) is 1.36. The summed E-state index contributed by atoms with van der Waals surface area (Å²) in [7, 11) is 1.72. The second kappa shape index (κ2) is 10.1. The van der Waals surface area contributed by atoms with Gasteiger partial charge in [-0.25, -0.2) is 0 Å². The molecule has 3 heteroatoms. The molecule has 98 valence electrons. The predicted molar refractivity (Wildman–Crippen MR) is 68.8 cm³/mol. The molecule has 0 aliphatic carbocycles. The van der Waals surface area contributed by atoms with E-state index in [-0.39, 0.29) is 6.10 Å². The highest BCUT2D eigenvalue weighted by atomic mass is 16.5. The Hall–Kier alpha value is -0.120. The molecule has 1 unspecified atom stereocenters. The second-order valence-corrected chi connectivity index (χ2v) is 5.18. The SMILES string of the molecule is COCC(CNCC(C)C)OCCC(C)C. The number of hydrogen-bond acceptors (Lipinski definition) is 3. The van der Waals surface area contributed by atoms with Gasteiger partial charge in [-0.15, -0.1) is 0 Å². The molecule has 0 aromatic heterocycles. The third kappa shape index (κ3) is 10.4. The highest BCUT2D eigenvalue weighted by Gasteiger charge is 2.09. The summed E-state index contributed by atoms with van der Waals surface area (Å²) in [5, 5.41) is 3.40. The molecule has 0 amide bonds. The largest absolute Gasteiger partial charge is 0.382 e. The van der Waals surface area contributed by atoms with Gasteiger partial charge < -0.3 is 14.8 Å². The average Bonchev–Trinajstić information content (AvgIpc) is 2.16. The normalized spacial score (nSPS) is 13.7. The van der Waals surface area contributed by atoms with E-state index in [2.05, 4.69) is 33.0 Å². The maximum Gasteiger partial charge on any atom is 0.0932 e.